The molecule has 1 aliphatic heterocycles. The van der Waals surface area contributed by atoms with Crippen LogP contribution in [-0.4, -0.2) is 40.9 Å². The van der Waals surface area contributed by atoms with Gasteiger partial charge in [-0.15, -0.1) is 0 Å². The molecule has 1 fully saturated rings. The highest BCUT2D eigenvalue weighted by atomic mass is 79.9. The summed E-state index contributed by atoms with van der Waals surface area (Å²) in [4.78, 5) is 14.4. The van der Waals surface area contributed by atoms with Crippen molar-refractivity contribution in [2.24, 2.45) is 0 Å². The number of alkyl halides is 1. The van der Waals surface area contributed by atoms with Crippen LogP contribution in [0.2, 0.25) is 0 Å². The number of ether oxygens (including phenoxy) is 1. The molecule has 0 N–H and O–H groups in total. The number of carbonyl (C=O) groups is 1. The van der Waals surface area contributed by atoms with Gasteiger partial charge >= 0.3 is 0 Å². The van der Waals surface area contributed by atoms with Crippen LogP contribution in [0.5, 0.6) is 0 Å². The third-order valence-electron chi connectivity index (χ3n) is 3.24. The van der Waals surface area contributed by atoms with Crippen molar-refractivity contribution in [2.75, 3.05) is 18.4 Å². The first-order valence-corrected chi connectivity index (χ1v) is 7.68. The largest absolute Gasteiger partial charge is 0.469 e. The molecule has 1 aromatic heterocycles. The first kappa shape index (κ1) is 14.6. The predicted molar refractivity (Wildman–Crippen MR) is 76.7 cm³/mol. The van der Waals surface area contributed by atoms with E-state index >= 15 is 0 Å². The van der Waals surface area contributed by atoms with Crippen LogP contribution in [0.25, 0.3) is 0 Å². The Bertz CT molecular complexity index is 455. The van der Waals surface area contributed by atoms with Gasteiger partial charge in [0.1, 0.15) is 5.76 Å². The quantitative estimate of drug-likeness (QED) is 0.801. The molecule has 1 saturated heterocycles. The Labute approximate surface area is 122 Å². The SMILES string of the molecule is CCc1occc1C(=O)N1CC(CBr)OC(C)(C)C1. The lowest BCUT2D eigenvalue weighted by Gasteiger charge is -2.42. The fourth-order valence-corrected chi connectivity index (χ4v) is 2.84. The van der Waals surface area contributed by atoms with Crippen molar-refractivity contribution >= 4 is 21.8 Å². The van der Waals surface area contributed by atoms with Crippen LogP contribution in [0.1, 0.15) is 36.9 Å². The van der Waals surface area contributed by atoms with Crippen molar-refractivity contribution in [3.8, 4) is 0 Å². The summed E-state index contributed by atoms with van der Waals surface area (Å²) in [6.45, 7) is 7.22. The molecule has 1 amide bonds. The molecule has 5 heteroatoms. The van der Waals surface area contributed by atoms with Gasteiger partial charge in [-0.25, -0.2) is 0 Å². The molecule has 0 aromatic carbocycles. The van der Waals surface area contributed by atoms with E-state index in [0.717, 1.165) is 17.5 Å². The first-order chi connectivity index (χ1) is 8.96. The van der Waals surface area contributed by atoms with Crippen LogP contribution in [-0.2, 0) is 11.2 Å². The van der Waals surface area contributed by atoms with Crippen molar-refractivity contribution in [3.05, 3.63) is 23.7 Å². The van der Waals surface area contributed by atoms with Gasteiger partial charge in [-0.2, -0.15) is 0 Å². The molecular formula is C14H20BrNO3. The van der Waals surface area contributed by atoms with Gasteiger partial charge in [0.05, 0.1) is 23.5 Å². The molecule has 0 aliphatic carbocycles. The van der Waals surface area contributed by atoms with Crippen molar-refractivity contribution in [1.82, 2.24) is 4.90 Å². The molecule has 19 heavy (non-hydrogen) atoms. The van der Waals surface area contributed by atoms with E-state index in [2.05, 4.69) is 15.9 Å². The lowest BCUT2D eigenvalue weighted by atomic mass is 10.0. The summed E-state index contributed by atoms with van der Waals surface area (Å²) < 4.78 is 11.3. The van der Waals surface area contributed by atoms with E-state index in [1.54, 1.807) is 12.3 Å². The second-order valence-corrected chi connectivity index (χ2v) is 6.10. The van der Waals surface area contributed by atoms with Crippen molar-refractivity contribution in [2.45, 2.75) is 38.9 Å². The molecule has 0 spiro atoms. The second kappa shape index (κ2) is 5.67. The Morgan fingerprint density at radius 3 is 2.95 bits per heavy atom. The Morgan fingerprint density at radius 2 is 2.32 bits per heavy atom. The van der Waals surface area contributed by atoms with Gasteiger partial charge in [0.25, 0.3) is 5.91 Å². The maximum absolute atomic E-state index is 12.6. The first-order valence-electron chi connectivity index (χ1n) is 6.56. The molecule has 2 rings (SSSR count). The monoisotopic (exact) mass is 329 g/mol. The number of hydrogen-bond donors (Lipinski definition) is 0. The van der Waals surface area contributed by atoms with Crippen LogP contribution < -0.4 is 0 Å². The minimum absolute atomic E-state index is 0.0321. The van der Waals surface area contributed by atoms with Gasteiger partial charge in [-0.3, -0.25) is 4.79 Å². The van der Waals surface area contributed by atoms with Crippen molar-refractivity contribution in [1.29, 1.82) is 0 Å². The predicted octanol–water partition coefficient (Wildman–Crippen LogP) is 2.86. The summed E-state index contributed by atoms with van der Waals surface area (Å²) in [6, 6.07) is 1.76. The Hall–Kier alpha value is -0.810. The minimum atomic E-state index is -0.317. The van der Waals surface area contributed by atoms with Crippen LogP contribution in [0, 0.1) is 0 Å². The van der Waals surface area contributed by atoms with E-state index in [1.165, 1.54) is 0 Å². The third kappa shape index (κ3) is 3.20. The van der Waals surface area contributed by atoms with E-state index in [-0.39, 0.29) is 17.6 Å². The topological polar surface area (TPSA) is 42.7 Å². The van der Waals surface area contributed by atoms with E-state index in [1.807, 2.05) is 25.7 Å². The highest BCUT2D eigenvalue weighted by Crippen LogP contribution is 2.24. The molecule has 1 atom stereocenters. The lowest BCUT2D eigenvalue weighted by Crippen LogP contribution is -2.55. The highest BCUT2D eigenvalue weighted by Gasteiger charge is 2.36. The normalized spacial score (nSPS) is 22.5. The summed E-state index contributed by atoms with van der Waals surface area (Å²) in [6.07, 6.45) is 2.34. The average molecular weight is 330 g/mol. The van der Waals surface area contributed by atoms with Gasteiger partial charge in [0, 0.05) is 24.8 Å². The lowest BCUT2D eigenvalue weighted by molar-refractivity contribution is -0.116. The number of aryl methyl sites for hydroxylation is 1. The van der Waals surface area contributed by atoms with Gasteiger partial charge in [-0.1, -0.05) is 22.9 Å². The van der Waals surface area contributed by atoms with E-state index in [4.69, 9.17) is 9.15 Å². The summed E-state index contributed by atoms with van der Waals surface area (Å²) in [5.41, 5.74) is 0.358. The zero-order valence-corrected chi connectivity index (χ0v) is 13.2. The van der Waals surface area contributed by atoms with Crippen molar-refractivity contribution in [3.63, 3.8) is 0 Å². The molecule has 0 saturated carbocycles. The third-order valence-corrected chi connectivity index (χ3v) is 3.96. The summed E-state index contributed by atoms with van der Waals surface area (Å²) in [7, 11) is 0. The van der Waals surface area contributed by atoms with Crippen LogP contribution >= 0.6 is 15.9 Å². The van der Waals surface area contributed by atoms with Crippen LogP contribution in [0.15, 0.2) is 16.7 Å². The minimum Gasteiger partial charge on any atom is -0.469 e. The van der Waals surface area contributed by atoms with Crippen molar-refractivity contribution < 1.29 is 13.9 Å². The number of furan rings is 1. The Morgan fingerprint density at radius 1 is 1.58 bits per heavy atom. The zero-order chi connectivity index (χ0) is 14.0. The fourth-order valence-electron chi connectivity index (χ4n) is 2.51. The molecule has 0 bridgehead atoms. The molecule has 1 unspecified atom stereocenters. The number of nitrogens with zero attached hydrogens (tertiary/aromatic N) is 1. The zero-order valence-electron chi connectivity index (χ0n) is 11.6. The standard InChI is InChI=1S/C14H20BrNO3/c1-4-12-11(5-6-18-12)13(17)16-8-10(7-15)19-14(2,3)9-16/h5-6,10H,4,7-9H2,1-3H3. The van der Waals surface area contributed by atoms with Crippen LogP contribution in [0.4, 0.5) is 0 Å². The van der Waals surface area contributed by atoms with Gasteiger partial charge < -0.3 is 14.1 Å². The Balaban J connectivity index is 2.18. The maximum Gasteiger partial charge on any atom is 0.257 e. The molecule has 106 valence electrons. The van der Waals surface area contributed by atoms with Gasteiger partial charge in [0.15, 0.2) is 0 Å². The average Bonchev–Trinajstić information content (AvgIpc) is 2.84. The molecule has 0 radical (unpaired) electrons. The molecular weight excluding hydrogens is 310 g/mol. The number of amides is 1. The number of morpholine rings is 1. The number of carbonyl (C=O) groups excluding carboxylic acids is 1. The van der Waals surface area contributed by atoms with E-state index in [0.29, 0.717) is 18.7 Å². The molecule has 2 heterocycles. The number of hydrogen-bond acceptors (Lipinski definition) is 3. The maximum atomic E-state index is 12.6. The summed E-state index contributed by atoms with van der Waals surface area (Å²) >= 11 is 3.43. The number of rotatable bonds is 3. The second-order valence-electron chi connectivity index (χ2n) is 5.45. The van der Waals surface area contributed by atoms with Crippen LogP contribution in [0.3, 0.4) is 0 Å². The van der Waals surface area contributed by atoms with E-state index in [9.17, 15) is 4.79 Å². The summed E-state index contributed by atoms with van der Waals surface area (Å²) in [5, 5.41) is 0.728. The molecule has 1 aromatic rings. The van der Waals surface area contributed by atoms with E-state index < -0.39 is 0 Å². The van der Waals surface area contributed by atoms with Gasteiger partial charge in [0.2, 0.25) is 0 Å². The fraction of sp³-hybridized carbons (Fsp3) is 0.643. The molecule has 1 aliphatic rings. The smallest absolute Gasteiger partial charge is 0.257 e. The summed E-state index contributed by atoms with van der Waals surface area (Å²) in [5.74, 6) is 0.789. The molecule has 4 nitrogen and oxygen atoms in total. The Kier molecular flexibility index (Phi) is 4.36. The number of halogens is 1. The van der Waals surface area contributed by atoms with Gasteiger partial charge in [-0.05, 0) is 19.9 Å². The highest BCUT2D eigenvalue weighted by molar-refractivity contribution is 9.09.